The smallest absolute Gasteiger partial charge is 0.0547 e. The van der Waals surface area contributed by atoms with Crippen LogP contribution in [0.3, 0.4) is 0 Å². The summed E-state index contributed by atoms with van der Waals surface area (Å²) < 4.78 is 0. The summed E-state index contributed by atoms with van der Waals surface area (Å²) in [6.07, 6.45) is 2.62. The maximum absolute atomic E-state index is 4.63. The minimum absolute atomic E-state index is 0.395. The first-order valence-electron chi connectivity index (χ1n) is 7.89. The highest BCUT2D eigenvalue weighted by atomic mass is 15.2. The average molecular weight is 275 g/mol. The Bertz CT molecular complexity index is 428. The Kier molecular flexibility index (Phi) is 5.17. The zero-order chi connectivity index (χ0) is 14.6. The van der Waals surface area contributed by atoms with Gasteiger partial charge >= 0.3 is 0 Å². The molecule has 1 atom stereocenters. The van der Waals surface area contributed by atoms with E-state index in [4.69, 9.17) is 0 Å². The number of piperidine rings is 1. The number of nitrogens with one attached hydrogen (secondary N) is 1. The van der Waals surface area contributed by atoms with Crippen molar-refractivity contribution in [2.75, 3.05) is 19.6 Å². The van der Waals surface area contributed by atoms with Crippen molar-refractivity contribution in [3.63, 3.8) is 0 Å². The van der Waals surface area contributed by atoms with Gasteiger partial charge in [0.15, 0.2) is 0 Å². The summed E-state index contributed by atoms with van der Waals surface area (Å²) in [7, 11) is 0. The highest BCUT2D eigenvalue weighted by molar-refractivity contribution is 5.09. The molecule has 1 unspecified atom stereocenters. The van der Waals surface area contributed by atoms with Crippen molar-refractivity contribution in [1.82, 2.24) is 15.2 Å². The summed E-state index contributed by atoms with van der Waals surface area (Å²) in [5.41, 5.74) is 2.68. The second kappa shape index (κ2) is 6.68. The minimum Gasteiger partial charge on any atom is -0.312 e. The molecule has 1 aliphatic rings. The van der Waals surface area contributed by atoms with Gasteiger partial charge in [-0.15, -0.1) is 0 Å². The van der Waals surface area contributed by atoms with E-state index in [2.05, 4.69) is 61.1 Å². The van der Waals surface area contributed by atoms with Gasteiger partial charge in [-0.25, -0.2) is 0 Å². The highest BCUT2D eigenvalue weighted by Gasteiger charge is 2.32. The van der Waals surface area contributed by atoms with Crippen LogP contribution in [0.1, 0.15) is 45.0 Å². The van der Waals surface area contributed by atoms with Crippen molar-refractivity contribution >= 4 is 0 Å². The number of aromatic nitrogens is 1. The first kappa shape index (κ1) is 15.5. The molecule has 0 aliphatic carbocycles. The standard InChI is InChI=1S/C17H29N3/c1-5-20(12-15-9-6-8-14(2)19-15)13-16-17(3,4)10-7-11-18-16/h6,8-9,16,18H,5,7,10-13H2,1-4H3. The monoisotopic (exact) mass is 275 g/mol. The maximum Gasteiger partial charge on any atom is 0.0547 e. The van der Waals surface area contributed by atoms with Gasteiger partial charge in [-0.1, -0.05) is 26.8 Å². The van der Waals surface area contributed by atoms with Crippen molar-refractivity contribution in [2.24, 2.45) is 5.41 Å². The number of likely N-dealkylation sites (N-methyl/N-ethyl adjacent to an activating group) is 1. The normalized spacial score (nSPS) is 22.1. The van der Waals surface area contributed by atoms with Crippen molar-refractivity contribution in [3.05, 3.63) is 29.6 Å². The van der Waals surface area contributed by atoms with E-state index in [1.807, 2.05) is 0 Å². The van der Waals surface area contributed by atoms with E-state index in [9.17, 15) is 0 Å². The third-order valence-electron chi connectivity index (χ3n) is 4.55. The fourth-order valence-corrected chi connectivity index (χ4v) is 3.06. The summed E-state index contributed by atoms with van der Waals surface area (Å²) in [5, 5.41) is 3.71. The first-order valence-corrected chi connectivity index (χ1v) is 7.89. The zero-order valence-electron chi connectivity index (χ0n) is 13.4. The van der Waals surface area contributed by atoms with Crippen LogP contribution in [0.25, 0.3) is 0 Å². The lowest BCUT2D eigenvalue weighted by Crippen LogP contribution is -2.52. The Balaban J connectivity index is 1.98. The topological polar surface area (TPSA) is 28.2 Å². The Morgan fingerprint density at radius 1 is 1.40 bits per heavy atom. The average Bonchev–Trinajstić information content (AvgIpc) is 2.40. The molecule has 3 heteroatoms. The van der Waals surface area contributed by atoms with Crippen LogP contribution < -0.4 is 5.32 Å². The number of aryl methyl sites for hydroxylation is 1. The summed E-state index contributed by atoms with van der Waals surface area (Å²) in [6, 6.07) is 6.88. The molecule has 1 saturated heterocycles. The van der Waals surface area contributed by atoms with E-state index in [0.29, 0.717) is 11.5 Å². The lowest BCUT2D eigenvalue weighted by Gasteiger charge is -2.41. The molecule has 1 aromatic rings. The molecule has 0 spiro atoms. The predicted molar refractivity (Wildman–Crippen MR) is 84.7 cm³/mol. The molecule has 3 nitrogen and oxygen atoms in total. The molecule has 0 saturated carbocycles. The fourth-order valence-electron chi connectivity index (χ4n) is 3.06. The fraction of sp³-hybridized carbons (Fsp3) is 0.706. The lowest BCUT2D eigenvalue weighted by molar-refractivity contribution is 0.125. The molecule has 20 heavy (non-hydrogen) atoms. The van der Waals surface area contributed by atoms with Crippen molar-refractivity contribution in [1.29, 1.82) is 0 Å². The molecule has 112 valence electrons. The van der Waals surface area contributed by atoms with Gasteiger partial charge in [0, 0.05) is 24.8 Å². The number of nitrogens with zero attached hydrogens (tertiary/aromatic N) is 2. The van der Waals surface area contributed by atoms with E-state index >= 15 is 0 Å². The van der Waals surface area contributed by atoms with E-state index in [1.54, 1.807) is 0 Å². The van der Waals surface area contributed by atoms with Crippen molar-refractivity contribution < 1.29 is 0 Å². The van der Waals surface area contributed by atoms with Gasteiger partial charge in [-0.2, -0.15) is 0 Å². The molecule has 0 bridgehead atoms. The molecule has 1 aromatic heterocycles. The number of hydrogen-bond acceptors (Lipinski definition) is 3. The van der Waals surface area contributed by atoms with Gasteiger partial charge in [0.05, 0.1) is 5.69 Å². The summed E-state index contributed by atoms with van der Waals surface area (Å²) in [4.78, 5) is 7.13. The molecule has 0 radical (unpaired) electrons. The number of pyridine rings is 1. The predicted octanol–water partition coefficient (Wildman–Crippen LogP) is 2.99. The number of hydrogen-bond donors (Lipinski definition) is 1. The molecule has 2 heterocycles. The van der Waals surface area contributed by atoms with Gasteiger partial charge in [0.25, 0.3) is 0 Å². The Morgan fingerprint density at radius 3 is 2.85 bits per heavy atom. The molecule has 0 aromatic carbocycles. The lowest BCUT2D eigenvalue weighted by atomic mass is 9.77. The van der Waals surface area contributed by atoms with Gasteiger partial charge in [-0.3, -0.25) is 9.88 Å². The van der Waals surface area contributed by atoms with Crippen LogP contribution in [0.5, 0.6) is 0 Å². The highest BCUT2D eigenvalue weighted by Crippen LogP contribution is 2.30. The van der Waals surface area contributed by atoms with Crippen LogP contribution in [0.15, 0.2) is 18.2 Å². The third kappa shape index (κ3) is 4.03. The molecular weight excluding hydrogens is 246 g/mol. The molecular formula is C17H29N3. The van der Waals surface area contributed by atoms with Crippen LogP contribution in [0.4, 0.5) is 0 Å². The van der Waals surface area contributed by atoms with Gasteiger partial charge < -0.3 is 5.32 Å². The van der Waals surface area contributed by atoms with Crippen molar-refractivity contribution in [3.8, 4) is 0 Å². The zero-order valence-corrected chi connectivity index (χ0v) is 13.4. The van der Waals surface area contributed by atoms with Gasteiger partial charge in [0.2, 0.25) is 0 Å². The van der Waals surface area contributed by atoms with E-state index < -0.39 is 0 Å². The quantitative estimate of drug-likeness (QED) is 0.895. The van der Waals surface area contributed by atoms with Crippen LogP contribution >= 0.6 is 0 Å². The Labute approximate surface area is 123 Å². The van der Waals surface area contributed by atoms with Crippen LogP contribution in [-0.2, 0) is 6.54 Å². The SMILES string of the molecule is CCN(Cc1cccc(C)n1)CC1NCCCC1(C)C. The van der Waals surface area contributed by atoms with E-state index in [1.165, 1.54) is 18.5 Å². The van der Waals surface area contributed by atoms with E-state index in [-0.39, 0.29) is 0 Å². The van der Waals surface area contributed by atoms with Gasteiger partial charge in [0.1, 0.15) is 0 Å². The molecule has 0 amide bonds. The second-order valence-electron chi connectivity index (χ2n) is 6.70. The Hall–Kier alpha value is -0.930. The molecule has 1 N–H and O–H groups in total. The summed E-state index contributed by atoms with van der Waals surface area (Å²) in [5.74, 6) is 0. The minimum atomic E-state index is 0.395. The van der Waals surface area contributed by atoms with Crippen LogP contribution in [-0.4, -0.2) is 35.6 Å². The molecule has 1 aliphatic heterocycles. The third-order valence-corrected chi connectivity index (χ3v) is 4.55. The van der Waals surface area contributed by atoms with Crippen LogP contribution in [0, 0.1) is 12.3 Å². The maximum atomic E-state index is 4.63. The second-order valence-corrected chi connectivity index (χ2v) is 6.70. The summed E-state index contributed by atoms with van der Waals surface area (Å²) in [6.45, 7) is 13.4. The molecule has 2 rings (SSSR count). The molecule has 1 fully saturated rings. The summed E-state index contributed by atoms with van der Waals surface area (Å²) >= 11 is 0. The first-order chi connectivity index (χ1) is 9.51. The van der Waals surface area contributed by atoms with Crippen molar-refractivity contribution in [2.45, 2.75) is 53.1 Å². The van der Waals surface area contributed by atoms with Gasteiger partial charge in [-0.05, 0) is 50.4 Å². The Morgan fingerprint density at radius 2 is 2.20 bits per heavy atom. The number of rotatable bonds is 5. The largest absolute Gasteiger partial charge is 0.312 e. The van der Waals surface area contributed by atoms with Crippen LogP contribution in [0.2, 0.25) is 0 Å². The van der Waals surface area contributed by atoms with E-state index in [0.717, 1.165) is 31.9 Å².